The van der Waals surface area contributed by atoms with Gasteiger partial charge in [-0.1, -0.05) is 31.4 Å². The number of allylic oxidation sites excluding steroid dienone is 1. The van der Waals surface area contributed by atoms with E-state index in [-0.39, 0.29) is 11.6 Å². The molecule has 1 atom stereocenters. The van der Waals surface area contributed by atoms with Crippen molar-refractivity contribution in [2.75, 3.05) is 5.32 Å². The Morgan fingerprint density at radius 1 is 1.21 bits per heavy atom. The summed E-state index contributed by atoms with van der Waals surface area (Å²) in [5.74, 6) is -3.49. The minimum absolute atomic E-state index is 0.0823. The van der Waals surface area contributed by atoms with Crippen LogP contribution in [0.2, 0.25) is 0 Å². The van der Waals surface area contributed by atoms with Crippen molar-refractivity contribution < 1.29 is 24.3 Å². The van der Waals surface area contributed by atoms with Gasteiger partial charge in [0.1, 0.15) is 0 Å². The first-order valence-corrected chi connectivity index (χ1v) is 9.37. The molecule has 2 fully saturated rings. The average molecular weight is 385 g/mol. The van der Waals surface area contributed by atoms with Crippen molar-refractivity contribution in [3.05, 3.63) is 41.6 Å². The van der Waals surface area contributed by atoms with Crippen molar-refractivity contribution in [2.45, 2.75) is 45.1 Å². The molecule has 148 valence electrons. The second kappa shape index (κ2) is 8.24. The van der Waals surface area contributed by atoms with Gasteiger partial charge < -0.3 is 10.4 Å². The Balaban J connectivity index is 1.85. The van der Waals surface area contributed by atoms with E-state index in [1.54, 1.807) is 25.1 Å². The molecule has 1 saturated carbocycles. The summed E-state index contributed by atoms with van der Waals surface area (Å²) in [6.45, 7) is 1.67. The van der Waals surface area contributed by atoms with E-state index in [2.05, 4.69) is 10.6 Å². The molecule has 1 heterocycles. The van der Waals surface area contributed by atoms with Crippen molar-refractivity contribution >= 4 is 29.5 Å². The van der Waals surface area contributed by atoms with Crippen molar-refractivity contribution in [2.24, 2.45) is 5.92 Å². The molecule has 1 aromatic rings. The predicted octanol–water partition coefficient (Wildman–Crippen LogP) is 2.73. The van der Waals surface area contributed by atoms with E-state index in [0.29, 0.717) is 11.4 Å². The van der Waals surface area contributed by atoms with Crippen molar-refractivity contribution in [3.8, 4) is 0 Å². The normalized spacial score (nSPS) is 21.5. The van der Waals surface area contributed by atoms with Crippen LogP contribution in [0, 0.1) is 5.92 Å². The Hall–Kier alpha value is -3.16. The summed E-state index contributed by atoms with van der Waals surface area (Å²) in [4.78, 5) is 50.2. The zero-order valence-electron chi connectivity index (χ0n) is 15.6. The number of barbiturate groups is 1. The van der Waals surface area contributed by atoms with Gasteiger partial charge in [-0.2, -0.15) is 0 Å². The molecule has 0 radical (unpaired) electrons. The molecule has 2 aliphatic rings. The number of amides is 4. The summed E-state index contributed by atoms with van der Waals surface area (Å²) in [5, 5.41) is 14.4. The molecular weight excluding hydrogens is 362 g/mol. The van der Waals surface area contributed by atoms with E-state index in [4.69, 9.17) is 5.11 Å². The number of carboxylic acids is 1. The highest BCUT2D eigenvalue weighted by molar-refractivity contribution is 6.18. The fourth-order valence-electron chi connectivity index (χ4n) is 3.76. The molecule has 1 saturated heterocycles. The van der Waals surface area contributed by atoms with Gasteiger partial charge >= 0.3 is 12.0 Å². The van der Waals surface area contributed by atoms with Crippen LogP contribution in [-0.4, -0.2) is 39.9 Å². The molecular formula is C20H23N3O5. The summed E-state index contributed by atoms with van der Waals surface area (Å²) >= 11 is 0. The van der Waals surface area contributed by atoms with Crippen molar-refractivity contribution in [3.63, 3.8) is 0 Å². The van der Waals surface area contributed by atoms with Gasteiger partial charge in [0.25, 0.3) is 0 Å². The van der Waals surface area contributed by atoms with Crippen LogP contribution in [-0.2, 0) is 9.59 Å². The number of carbonyl (C=O) groups excluding carboxylic acids is 3. The molecule has 1 aromatic carbocycles. The maximum absolute atomic E-state index is 13.1. The first kappa shape index (κ1) is 19.6. The lowest BCUT2D eigenvalue weighted by molar-refractivity contribution is -0.142. The highest BCUT2D eigenvalue weighted by Crippen LogP contribution is 2.28. The van der Waals surface area contributed by atoms with Crippen LogP contribution in [0.25, 0.3) is 0 Å². The summed E-state index contributed by atoms with van der Waals surface area (Å²) < 4.78 is 0. The Kier molecular flexibility index (Phi) is 5.77. The van der Waals surface area contributed by atoms with Gasteiger partial charge in [0, 0.05) is 17.4 Å². The maximum Gasteiger partial charge on any atom is 0.335 e. The molecule has 0 spiro atoms. The van der Waals surface area contributed by atoms with Crippen LogP contribution in [0.5, 0.6) is 0 Å². The topological polar surface area (TPSA) is 116 Å². The second-order valence-electron chi connectivity index (χ2n) is 6.98. The van der Waals surface area contributed by atoms with E-state index < -0.39 is 29.7 Å². The van der Waals surface area contributed by atoms with Gasteiger partial charge in [-0.25, -0.2) is 9.59 Å². The van der Waals surface area contributed by atoms with E-state index >= 15 is 0 Å². The number of urea groups is 1. The number of imide groups is 2. The van der Waals surface area contributed by atoms with Crippen LogP contribution < -0.4 is 10.6 Å². The van der Waals surface area contributed by atoms with E-state index in [1.165, 1.54) is 17.0 Å². The number of carboxylic acid groups (broad SMARTS) is 1. The molecule has 3 N–H and O–H groups in total. The van der Waals surface area contributed by atoms with Gasteiger partial charge in [-0.3, -0.25) is 19.8 Å². The first-order chi connectivity index (χ1) is 13.4. The molecule has 1 aliphatic carbocycles. The Bertz CT molecular complexity index is 842. The quantitative estimate of drug-likeness (QED) is 0.671. The summed E-state index contributed by atoms with van der Waals surface area (Å²) in [5.41, 5.74) is 0.826. The lowest BCUT2D eigenvalue weighted by atomic mass is 9.91. The smallest absolute Gasteiger partial charge is 0.335 e. The third-order valence-electron chi connectivity index (χ3n) is 5.16. The lowest BCUT2D eigenvalue weighted by Crippen LogP contribution is -2.61. The van der Waals surface area contributed by atoms with Gasteiger partial charge in [0.2, 0.25) is 11.8 Å². The minimum Gasteiger partial charge on any atom is -0.478 e. The van der Waals surface area contributed by atoms with E-state index in [1.807, 2.05) is 0 Å². The molecule has 0 bridgehead atoms. The average Bonchev–Trinajstić information content (AvgIpc) is 2.67. The Morgan fingerprint density at radius 2 is 1.93 bits per heavy atom. The van der Waals surface area contributed by atoms with Crippen LogP contribution in [0.3, 0.4) is 0 Å². The van der Waals surface area contributed by atoms with Crippen LogP contribution in [0.1, 0.15) is 49.4 Å². The molecule has 3 rings (SSSR count). The fourth-order valence-corrected chi connectivity index (χ4v) is 3.76. The number of nitrogens with one attached hydrogen (secondary N) is 2. The Morgan fingerprint density at radius 3 is 2.57 bits per heavy atom. The number of anilines is 1. The van der Waals surface area contributed by atoms with Crippen LogP contribution >= 0.6 is 0 Å². The van der Waals surface area contributed by atoms with Gasteiger partial charge in [-0.15, -0.1) is 0 Å². The second-order valence-corrected chi connectivity index (χ2v) is 6.98. The predicted molar refractivity (Wildman–Crippen MR) is 102 cm³/mol. The van der Waals surface area contributed by atoms with Crippen LogP contribution in [0.15, 0.2) is 36.0 Å². The summed E-state index contributed by atoms with van der Waals surface area (Å²) in [6.07, 6.45) is 6.02. The molecule has 1 aliphatic heterocycles. The number of rotatable bonds is 5. The number of hydrogen-bond acceptors (Lipinski definition) is 5. The van der Waals surface area contributed by atoms with E-state index in [9.17, 15) is 19.2 Å². The lowest BCUT2D eigenvalue weighted by Gasteiger charge is -2.38. The number of aromatic carboxylic acids is 1. The molecule has 0 aromatic heterocycles. The highest BCUT2D eigenvalue weighted by Gasteiger charge is 2.45. The monoisotopic (exact) mass is 385 g/mol. The SMILES string of the molecule is C/C=C(\Nc1cccc(C(=O)O)c1)[C@@H]1C(=O)NC(=O)N(C2CCCCC2)C1=O. The molecule has 8 heteroatoms. The van der Waals surface area contributed by atoms with Gasteiger partial charge in [0.15, 0.2) is 5.92 Å². The molecule has 28 heavy (non-hydrogen) atoms. The zero-order valence-corrected chi connectivity index (χ0v) is 15.6. The largest absolute Gasteiger partial charge is 0.478 e. The maximum atomic E-state index is 13.1. The third kappa shape index (κ3) is 3.90. The third-order valence-corrected chi connectivity index (χ3v) is 5.16. The number of hydrogen-bond donors (Lipinski definition) is 3. The fraction of sp³-hybridized carbons (Fsp3) is 0.400. The molecule has 0 unspecified atom stereocenters. The number of benzene rings is 1. The number of nitrogens with zero attached hydrogens (tertiary/aromatic N) is 1. The van der Waals surface area contributed by atoms with Crippen molar-refractivity contribution in [1.29, 1.82) is 0 Å². The standard InChI is InChI=1S/C20H23N3O5/c1-2-15(21-13-8-6-7-12(11-13)19(26)27)16-17(24)22-20(28)23(18(16)25)14-9-4-3-5-10-14/h2,6-8,11,14,16,21H,3-5,9-10H2,1H3,(H,26,27)(H,22,24,28)/b15-2-/t16-/m1/s1. The van der Waals surface area contributed by atoms with Crippen molar-refractivity contribution in [1.82, 2.24) is 10.2 Å². The number of carbonyl (C=O) groups is 4. The summed E-state index contributed by atoms with van der Waals surface area (Å²) in [7, 11) is 0. The van der Waals surface area contributed by atoms with E-state index in [0.717, 1.165) is 32.1 Å². The van der Waals surface area contributed by atoms with Gasteiger partial charge in [-0.05, 0) is 38.0 Å². The minimum atomic E-state index is -1.18. The van der Waals surface area contributed by atoms with Crippen LogP contribution in [0.4, 0.5) is 10.5 Å². The Labute approximate surface area is 162 Å². The molecule has 8 nitrogen and oxygen atoms in total. The van der Waals surface area contributed by atoms with Gasteiger partial charge in [0.05, 0.1) is 5.56 Å². The molecule has 4 amide bonds. The highest BCUT2D eigenvalue weighted by atomic mass is 16.4. The summed E-state index contributed by atoms with van der Waals surface area (Å²) in [6, 6.07) is 5.21. The first-order valence-electron chi connectivity index (χ1n) is 9.37. The zero-order chi connectivity index (χ0) is 20.3.